The van der Waals surface area contributed by atoms with Crippen molar-refractivity contribution in [3.05, 3.63) is 52.1 Å². The molecule has 27 heavy (non-hydrogen) atoms. The van der Waals surface area contributed by atoms with E-state index in [-0.39, 0.29) is 23.7 Å². The minimum absolute atomic E-state index is 0.0334. The van der Waals surface area contributed by atoms with Crippen LogP contribution in [0.15, 0.2) is 45.7 Å². The molecule has 1 saturated carbocycles. The third-order valence-corrected chi connectivity index (χ3v) is 4.70. The number of benzene rings is 1. The fourth-order valence-corrected chi connectivity index (χ4v) is 2.83. The van der Waals surface area contributed by atoms with E-state index in [0.29, 0.717) is 11.4 Å². The lowest BCUT2D eigenvalue weighted by Crippen LogP contribution is -2.30. The number of amides is 1. The number of methoxy groups -OCH3 is 1. The van der Waals surface area contributed by atoms with Gasteiger partial charge in [0.15, 0.2) is 11.6 Å². The van der Waals surface area contributed by atoms with Crippen molar-refractivity contribution in [2.45, 2.75) is 52.6 Å². The van der Waals surface area contributed by atoms with Crippen molar-refractivity contribution in [1.29, 1.82) is 0 Å². The molecule has 6 heteroatoms. The highest BCUT2D eigenvalue weighted by Gasteiger charge is 2.38. The molecule has 0 aliphatic heterocycles. The molecule has 1 aromatic rings. The molecule has 0 aromatic heterocycles. The first-order valence-electron chi connectivity index (χ1n) is 8.95. The van der Waals surface area contributed by atoms with Crippen LogP contribution in [0.4, 0.5) is 4.39 Å². The van der Waals surface area contributed by atoms with Crippen LogP contribution in [-0.2, 0) is 11.3 Å². The van der Waals surface area contributed by atoms with Gasteiger partial charge in [0.2, 0.25) is 0 Å². The summed E-state index contributed by atoms with van der Waals surface area (Å²) >= 11 is 0. The molecule has 0 spiro atoms. The van der Waals surface area contributed by atoms with E-state index in [1.165, 1.54) is 13.2 Å². The Morgan fingerprint density at radius 2 is 2.00 bits per heavy atom. The maximum Gasteiger partial charge on any atom is 0.251 e. The number of carbonyl (C=O) groups excluding carboxylic acids is 1. The minimum Gasteiger partial charge on any atom is -0.494 e. The van der Waals surface area contributed by atoms with Gasteiger partial charge in [-0.3, -0.25) is 4.79 Å². The molecular weight excluding hydrogens is 345 g/mol. The zero-order chi connectivity index (χ0) is 20.2. The summed E-state index contributed by atoms with van der Waals surface area (Å²) in [4.78, 5) is 16.9. The number of rotatable bonds is 8. The van der Waals surface area contributed by atoms with E-state index < -0.39 is 5.82 Å². The second-order valence-corrected chi connectivity index (χ2v) is 7.34. The molecule has 0 unspecified atom stereocenters. The molecule has 0 saturated heterocycles. The number of nitrogens with one attached hydrogen (secondary N) is 2. The van der Waals surface area contributed by atoms with Gasteiger partial charge in [0.25, 0.3) is 5.91 Å². The molecule has 1 amide bonds. The predicted molar refractivity (Wildman–Crippen MR) is 106 cm³/mol. The van der Waals surface area contributed by atoms with E-state index in [1.807, 2.05) is 20.8 Å². The molecule has 146 valence electrons. The van der Waals surface area contributed by atoms with Gasteiger partial charge < -0.3 is 15.4 Å². The van der Waals surface area contributed by atoms with E-state index in [0.717, 1.165) is 29.6 Å². The van der Waals surface area contributed by atoms with Crippen LogP contribution in [0.2, 0.25) is 0 Å². The Morgan fingerprint density at radius 3 is 2.52 bits per heavy atom. The molecule has 1 aliphatic rings. The van der Waals surface area contributed by atoms with Crippen molar-refractivity contribution in [3.8, 4) is 5.75 Å². The maximum atomic E-state index is 13.5. The van der Waals surface area contributed by atoms with Crippen LogP contribution >= 0.6 is 0 Å². The average Bonchev–Trinajstić information content (AvgIpc) is 3.36. The topological polar surface area (TPSA) is 62.7 Å². The Balaban J connectivity index is 2.17. The number of nitrogens with zero attached hydrogens (tertiary/aromatic N) is 1. The highest BCUT2D eigenvalue weighted by molar-refractivity contribution is 5.98. The van der Waals surface area contributed by atoms with Crippen LogP contribution in [0.25, 0.3) is 0 Å². The molecule has 5 nitrogen and oxygen atoms in total. The van der Waals surface area contributed by atoms with Crippen LogP contribution in [0.3, 0.4) is 0 Å². The highest BCUT2D eigenvalue weighted by atomic mass is 19.1. The Kier molecular flexibility index (Phi) is 6.41. The molecule has 0 radical (unpaired) electrons. The lowest BCUT2D eigenvalue weighted by molar-refractivity contribution is -0.117. The number of carbonyl (C=O) groups is 1. The molecular formula is C21H28FN3O2. The van der Waals surface area contributed by atoms with Gasteiger partial charge in [-0.15, -0.1) is 0 Å². The van der Waals surface area contributed by atoms with Gasteiger partial charge in [-0.05, 0) is 65.0 Å². The minimum atomic E-state index is -0.433. The first-order chi connectivity index (χ1) is 12.7. The first kappa shape index (κ1) is 20.7. The predicted octanol–water partition coefficient (Wildman–Crippen LogP) is 3.86. The standard InChI is InChI=1S/C21H28FN3O2/c1-13(2)18(14(3)19(23-5)25-21(4)9-10-21)20(26)24-12-15-7-8-16(22)17(11-15)27-6/h7-8,11,25H,5,9-10,12H2,1-4,6H3,(H,24,26)/b19-14-. The van der Waals surface area contributed by atoms with Crippen LogP contribution in [0.1, 0.15) is 46.1 Å². The quantitative estimate of drug-likeness (QED) is 0.413. The van der Waals surface area contributed by atoms with Crippen molar-refractivity contribution in [2.75, 3.05) is 7.11 Å². The second-order valence-electron chi connectivity index (χ2n) is 7.34. The third kappa shape index (κ3) is 5.18. The summed E-state index contributed by atoms with van der Waals surface area (Å²) in [5.74, 6) is 0.141. The number of aliphatic imine (C=N–C) groups is 1. The van der Waals surface area contributed by atoms with Crippen LogP contribution in [0.5, 0.6) is 5.75 Å². The monoisotopic (exact) mass is 373 g/mol. The summed E-state index contributed by atoms with van der Waals surface area (Å²) in [5, 5.41) is 6.27. The number of hydrogen-bond acceptors (Lipinski definition) is 4. The van der Waals surface area contributed by atoms with Gasteiger partial charge in [0.1, 0.15) is 5.82 Å². The Hall–Kier alpha value is -2.63. The van der Waals surface area contributed by atoms with E-state index in [1.54, 1.807) is 12.1 Å². The lowest BCUT2D eigenvalue weighted by Gasteiger charge is -2.18. The molecule has 1 aliphatic carbocycles. The smallest absolute Gasteiger partial charge is 0.251 e. The van der Waals surface area contributed by atoms with Crippen molar-refractivity contribution in [1.82, 2.24) is 10.6 Å². The zero-order valence-electron chi connectivity index (χ0n) is 16.7. The summed E-state index contributed by atoms with van der Waals surface area (Å²) in [5.41, 5.74) is 2.99. The van der Waals surface area contributed by atoms with Crippen LogP contribution < -0.4 is 15.4 Å². The largest absolute Gasteiger partial charge is 0.494 e. The molecule has 1 aromatic carbocycles. The Labute approximate surface area is 160 Å². The van der Waals surface area contributed by atoms with Crippen molar-refractivity contribution in [3.63, 3.8) is 0 Å². The van der Waals surface area contributed by atoms with Gasteiger partial charge in [-0.1, -0.05) is 11.6 Å². The fraction of sp³-hybridized carbons (Fsp3) is 0.429. The van der Waals surface area contributed by atoms with Crippen LogP contribution in [-0.4, -0.2) is 25.3 Å². The third-order valence-electron chi connectivity index (χ3n) is 4.70. The highest BCUT2D eigenvalue weighted by Crippen LogP contribution is 2.36. The second kappa shape index (κ2) is 8.37. The average molecular weight is 373 g/mol. The number of hydrogen-bond donors (Lipinski definition) is 2. The first-order valence-corrected chi connectivity index (χ1v) is 8.95. The van der Waals surface area contributed by atoms with Gasteiger partial charge in [0.05, 0.1) is 7.11 Å². The van der Waals surface area contributed by atoms with E-state index in [4.69, 9.17) is 4.74 Å². The zero-order valence-corrected chi connectivity index (χ0v) is 16.7. The van der Waals surface area contributed by atoms with Crippen molar-refractivity contribution >= 4 is 12.6 Å². The van der Waals surface area contributed by atoms with Gasteiger partial charge in [0, 0.05) is 23.2 Å². The molecule has 2 N–H and O–H groups in total. The number of allylic oxidation sites excluding steroid dienone is 1. The fourth-order valence-electron chi connectivity index (χ4n) is 2.83. The van der Waals surface area contributed by atoms with Gasteiger partial charge in [-0.2, -0.15) is 0 Å². The summed E-state index contributed by atoms with van der Waals surface area (Å²) in [6.07, 6.45) is 2.14. The van der Waals surface area contributed by atoms with Gasteiger partial charge in [-0.25, -0.2) is 9.38 Å². The van der Waals surface area contributed by atoms with Crippen molar-refractivity contribution in [2.24, 2.45) is 4.99 Å². The molecule has 0 heterocycles. The van der Waals surface area contributed by atoms with E-state index in [2.05, 4.69) is 29.3 Å². The number of halogens is 1. The molecule has 1 fully saturated rings. The van der Waals surface area contributed by atoms with Crippen LogP contribution in [0, 0.1) is 5.82 Å². The SMILES string of the molecule is C=N/C(NC1(C)CC1)=C(\C)C(C(=O)NCc1ccc(F)c(OC)c1)=C(C)C. The van der Waals surface area contributed by atoms with E-state index in [9.17, 15) is 9.18 Å². The Bertz CT molecular complexity index is 804. The summed E-state index contributed by atoms with van der Waals surface area (Å²) in [6, 6.07) is 4.52. The molecule has 0 atom stereocenters. The van der Waals surface area contributed by atoms with Gasteiger partial charge >= 0.3 is 0 Å². The number of ether oxygens (including phenoxy) is 1. The summed E-state index contributed by atoms with van der Waals surface area (Å²) in [6.45, 7) is 11.7. The summed E-state index contributed by atoms with van der Waals surface area (Å²) < 4.78 is 18.5. The maximum absolute atomic E-state index is 13.5. The molecule has 0 bridgehead atoms. The summed E-state index contributed by atoms with van der Waals surface area (Å²) in [7, 11) is 1.41. The normalized spacial score (nSPS) is 15.3. The molecule has 2 rings (SSSR count). The van der Waals surface area contributed by atoms with E-state index >= 15 is 0 Å². The Morgan fingerprint density at radius 1 is 1.33 bits per heavy atom. The lowest BCUT2D eigenvalue weighted by atomic mass is 10.0. The van der Waals surface area contributed by atoms with Crippen molar-refractivity contribution < 1.29 is 13.9 Å².